The van der Waals surface area contributed by atoms with Gasteiger partial charge in [-0.1, -0.05) is 27.7 Å². The van der Waals surface area contributed by atoms with E-state index in [1.165, 1.54) is 12.1 Å². The predicted octanol–water partition coefficient (Wildman–Crippen LogP) is 2.79. The fourth-order valence-electron chi connectivity index (χ4n) is 2.78. The van der Waals surface area contributed by atoms with E-state index >= 15 is 0 Å². The minimum Gasteiger partial charge on any atom is -0.508 e. The molecular formula is C16H28O8P2. The smallest absolute Gasteiger partial charge is 0.325 e. The first kappa shape index (κ1) is 23.2. The van der Waals surface area contributed by atoms with Gasteiger partial charge in [-0.15, -0.1) is 0 Å². The molecule has 1 aromatic carbocycles. The Kier molecular flexibility index (Phi) is 6.79. The van der Waals surface area contributed by atoms with Crippen LogP contribution in [0.5, 0.6) is 11.5 Å². The van der Waals surface area contributed by atoms with Crippen molar-refractivity contribution in [1.82, 2.24) is 0 Å². The summed E-state index contributed by atoms with van der Waals surface area (Å²) in [4.78, 5) is 36.3. The van der Waals surface area contributed by atoms with E-state index in [0.717, 1.165) is 0 Å². The Labute approximate surface area is 153 Å². The highest BCUT2D eigenvalue weighted by atomic mass is 31.2. The lowest BCUT2D eigenvalue weighted by molar-refractivity contribution is 0.355. The summed E-state index contributed by atoms with van der Waals surface area (Å²) in [6.07, 6.45) is -0.498. The first-order valence-electron chi connectivity index (χ1n) is 8.11. The molecule has 0 aliphatic heterocycles. The zero-order valence-electron chi connectivity index (χ0n) is 15.4. The Morgan fingerprint density at radius 3 is 1.23 bits per heavy atom. The van der Waals surface area contributed by atoms with Gasteiger partial charge in [0.1, 0.15) is 11.5 Å². The first-order chi connectivity index (χ1) is 11.4. The van der Waals surface area contributed by atoms with Crippen LogP contribution >= 0.6 is 15.2 Å². The average Bonchev–Trinajstić information content (AvgIpc) is 2.44. The molecule has 0 spiro atoms. The van der Waals surface area contributed by atoms with Crippen molar-refractivity contribution < 1.29 is 38.9 Å². The quantitative estimate of drug-likeness (QED) is 0.282. The molecule has 0 unspecified atom stereocenters. The lowest BCUT2D eigenvalue weighted by Gasteiger charge is -2.30. The number of hydrogen-bond donors (Lipinski definition) is 6. The second-order valence-electron chi connectivity index (χ2n) is 7.93. The molecule has 1 rings (SSSR count). The van der Waals surface area contributed by atoms with Gasteiger partial charge in [0, 0.05) is 11.1 Å². The summed E-state index contributed by atoms with van der Waals surface area (Å²) in [6.45, 7) is 6.82. The lowest BCUT2D eigenvalue weighted by atomic mass is 9.77. The Morgan fingerprint density at radius 2 is 1.00 bits per heavy atom. The number of hydrogen-bond acceptors (Lipinski definition) is 4. The van der Waals surface area contributed by atoms with E-state index in [4.69, 9.17) is 19.6 Å². The summed E-state index contributed by atoms with van der Waals surface area (Å²) in [6, 6.07) is 2.70. The Hall–Kier alpha value is -0.880. The Bertz CT molecular complexity index is 681. The Balaban J connectivity index is 3.18. The fraction of sp³-hybridized carbons (Fsp3) is 0.625. The maximum atomic E-state index is 11.1. The third-order valence-electron chi connectivity index (χ3n) is 4.63. The molecule has 0 saturated carbocycles. The summed E-state index contributed by atoms with van der Waals surface area (Å²) >= 11 is 0. The van der Waals surface area contributed by atoms with Crippen LogP contribution in [0.2, 0.25) is 0 Å². The van der Waals surface area contributed by atoms with Gasteiger partial charge in [0.05, 0.1) is 12.3 Å². The summed E-state index contributed by atoms with van der Waals surface area (Å²) in [5, 5.41) is 20.8. The van der Waals surface area contributed by atoms with Crippen LogP contribution in [0.25, 0.3) is 0 Å². The van der Waals surface area contributed by atoms with Crippen molar-refractivity contribution in [2.24, 2.45) is 0 Å². The van der Waals surface area contributed by atoms with Gasteiger partial charge in [-0.3, -0.25) is 9.13 Å². The SMILES string of the molecule is CC(C)(CCP(=O)(O)O)c1cc(O)c(C(C)(C)CCP(=O)(O)O)cc1O. The zero-order valence-corrected chi connectivity index (χ0v) is 17.2. The zero-order chi connectivity index (χ0) is 20.6. The van der Waals surface area contributed by atoms with E-state index in [1.807, 2.05) is 0 Å². The normalized spacial score (nSPS) is 13.8. The summed E-state index contributed by atoms with van der Waals surface area (Å²) in [7, 11) is -8.38. The van der Waals surface area contributed by atoms with Crippen LogP contribution in [0.4, 0.5) is 0 Å². The second-order valence-corrected chi connectivity index (χ2v) is 11.5. The van der Waals surface area contributed by atoms with Gasteiger partial charge in [-0.2, -0.15) is 0 Å². The number of phenols is 2. The molecular weight excluding hydrogens is 382 g/mol. The Morgan fingerprint density at radius 1 is 0.731 bits per heavy atom. The molecule has 150 valence electrons. The minimum atomic E-state index is -4.19. The van der Waals surface area contributed by atoms with E-state index in [2.05, 4.69) is 0 Å². The first-order valence-corrected chi connectivity index (χ1v) is 11.7. The van der Waals surface area contributed by atoms with Gasteiger partial charge in [-0.05, 0) is 35.8 Å². The van der Waals surface area contributed by atoms with E-state index in [1.54, 1.807) is 27.7 Å². The molecule has 0 aromatic heterocycles. The molecule has 0 atom stereocenters. The van der Waals surface area contributed by atoms with Crippen LogP contribution in [0.1, 0.15) is 51.7 Å². The van der Waals surface area contributed by atoms with Crippen molar-refractivity contribution in [1.29, 1.82) is 0 Å². The fourth-order valence-corrected chi connectivity index (χ4v) is 4.48. The van der Waals surface area contributed by atoms with E-state index in [9.17, 15) is 19.3 Å². The van der Waals surface area contributed by atoms with Crippen molar-refractivity contribution >= 4 is 15.2 Å². The van der Waals surface area contributed by atoms with Gasteiger partial charge in [0.15, 0.2) is 0 Å². The van der Waals surface area contributed by atoms with Crippen LogP contribution < -0.4 is 0 Å². The van der Waals surface area contributed by atoms with Gasteiger partial charge >= 0.3 is 15.2 Å². The molecule has 0 aliphatic rings. The maximum absolute atomic E-state index is 11.1. The van der Waals surface area contributed by atoms with Crippen LogP contribution in [-0.2, 0) is 20.0 Å². The number of benzene rings is 1. The summed E-state index contributed by atoms with van der Waals surface area (Å²) in [5.74, 6) is -0.282. The summed E-state index contributed by atoms with van der Waals surface area (Å²) < 4.78 is 22.2. The average molecular weight is 410 g/mol. The lowest BCUT2D eigenvalue weighted by Crippen LogP contribution is -2.22. The van der Waals surface area contributed by atoms with Gasteiger partial charge in [0.2, 0.25) is 0 Å². The van der Waals surface area contributed by atoms with Crippen LogP contribution in [0, 0.1) is 0 Å². The molecule has 0 fully saturated rings. The minimum absolute atomic E-state index is 0.102. The van der Waals surface area contributed by atoms with E-state index in [0.29, 0.717) is 11.1 Å². The number of aromatic hydroxyl groups is 2. The molecule has 0 aliphatic carbocycles. The molecule has 10 heteroatoms. The van der Waals surface area contributed by atoms with Crippen LogP contribution in [-0.4, -0.2) is 42.1 Å². The van der Waals surface area contributed by atoms with Crippen LogP contribution in [0.15, 0.2) is 12.1 Å². The van der Waals surface area contributed by atoms with Crippen molar-refractivity contribution in [2.75, 3.05) is 12.3 Å². The molecule has 0 amide bonds. The van der Waals surface area contributed by atoms with Crippen molar-refractivity contribution in [3.8, 4) is 11.5 Å². The molecule has 0 radical (unpaired) electrons. The predicted molar refractivity (Wildman–Crippen MR) is 98.9 cm³/mol. The molecule has 26 heavy (non-hydrogen) atoms. The highest BCUT2D eigenvalue weighted by Gasteiger charge is 2.32. The molecule has 0 bridgehead atoms. The number of rotatable bonds is 8. The molecule has 0 heterocycles. The topological polar surface area (TPSA) is 156 Å². The van der Waals surface area contributed by atoms with Gasteiger partial charge in [-0.25, -0.2) is 0 Å². The number of phenolic OH excluding ortho intramolecular Hbond substituents is 2. The molecule has 8 nitrogen and oxygen atoms in total. The molecule has 1 aromatic rings. The molecule has 6 N–H and O–H groups in total. The highest BCUT2D eigenvalue weighted by Crippen LogP contribution is 2.46. The second kappa shape index (κ2) is 7.63. The molecule has 0 saturated heterocycles. The van der Waals surface area contributed by atoms with Crippen molar-refractivity contribution in [2.45, 2.75) is 51.4 Å². The third kappa shape index (κ3) is 6.69. The van der Waals surface area contributed by atoms with Crippen LogP contribution in [0.3, 0.4) is 0 Å². The van der Waals surface area contributed by atoms with Crippen molar-refractivity contribution in [3.05, 3.63) is 23.3 Å². The van der Waals surface area contributed by atoms with Gasteiger partial charge < -0.3 is 29.8 Å². The third-order valence-corrected chi connectivity index (χ3v) is 6.24. The van der Waals surface area contributed by atoms with E-state index in [-0.39, 0.29) is 36.7 Å². The summed E-state index contributed by atoms with van der Waals surface area (Å²) in [5.41, 5.74) is -0.898. The largest absolute Gasteiger partial charge is 0.508 e. The maximum Gasteiger partial charge on any atom is 0.325 e. The van der Waals surface area contributed by atoms with Gasteiger partial charge in [0.25, 0.3) is 0 Å². The monoisotopic (exact) mass is 410 g/mol. The van der Waals surface area contributed by atoms with E-state index < -0.39 is 26.0 Å². The van der Waals surface area contributed by atoms with Crippen molar-refractivity contribution in [3.63, 3.8) is 0 Å². The highest BCUT2D eigenvalue weighted by molar-refractivity contribution is 7.52. The standard InChI is InChI=1S/C16H28O8P2/c1-15(2,5-7-25(19,20)21)11-9-14(18)12(10-13(11)17)16(3,4)6-8-26(22,23)24/h9-10,17-18H,5-8H2,1-4H3,(H2,19,20,21)(H2,22,23,24).